The number of hydrazone groups is 1. The van der Waals surface area contributed by atoms with Gasteiger partial charge in [-0.25, -0.2) is 5.43 Å². The maximum absolute atomic E-state index is 12.0. The lowest BCUT2D eigenvalue weighted by Crippen LogP contribution is -2.23. The SMILES string of the molecule is Cc1ccc(/C=N/NC(=O)Cn2ncc3cc([N+](=O)[O-])ccc32)cc1. The van der Waals surface area contributed by atoms with Crippen molar-refractivity contribution in [1.29, 1.82) is 0 Å². The molecule has 1 aromatic heterocycles. The number of fused-ring (bicyclic) bond motifs is 1. The fourth-order valence-corrected chi connectivity index (χ4v) is 2.32. The van der Waals surface area contributed by atoms with Crippen LogP contribution in [0.3, 0.4) is 0 Å². The number of hydrogen-bond acceptors (Lipinski definition) is 5. The number of nitro groups is 1. The Balaban J connectivity index is 1.65. The molecule has 0 saturated heterocycles. The maximum Gasteiger partial charge on any atom is 0.270 e. The van der Waals surface area contributed by atoms with Crippen LogP contribution >= 0.6 is 0 Å². The molecule has 0 aliphatic heterocycles. The first-order chi connectivity index (χ1) is 12.0. The third kappa shape index (κ3) is 3.86. The standard InChI is InChI=1S/C17H15N5O3/c1-12-2-4-13(5-3-12)9-18-20-17(23)11-21-16-7-6-15(22(24)25)8-14(16)10-19-21/h2-10H,11H2,1H3,(H,20,23)/b18-9+. The van der Waals surface area contributed by atoms with Crippen molar-refractivity contribution in [2.24, 2.45) is 5.10 Å². The van der Waals surface area contributed by atoms with Crippen molar-refractivity contribution in [3.05, 3.63) is 69.9 Å². The van der Waals surface area contributed by atoms with Crippen LogP contribution in [0.5, 0.6) is 0 Å². The van der Waals surface area contributed by atoms with Crippen LogP contribution in [-0.4, -0.2) is 26.8 Å². The molecule has 0 radical (unpaired) electrons. The highest BCUT2D eigenvalue weighted by Gasteiger charge is 2.11. The third-order valence-corrected chi connectivity index (χ3v) is 3.61. The molecule has 0 unspecified atom stereocenters. The molecule has 126 valence electrons. The first kappa shape index (κ1) is 16.3. The predicted molar refractivity (Wildman–Crippen MR) is 93.3 cm³/mol. The second-order valence-electron chi connectivity index (χ2n) is 5.51. The van der Waals surface area contributed by atoms with Gasteiger partial charge in [0.2, 0.25) is 0 Å². The van der Waals surface area contributed by atoms with Crippen LogP contribution in [0.4, 0.5) is 5.69 Å². The van der Waals surface area contributed by atoms with Gasteiger partial charge in [0, 0.05) is 17.5 Å². The maximum atomic E-state index is 12.0. The van der Waals surface area contributed by atoms with Crippen LogP contribution in [0.15, 0.2) is 53.8 Å². The number of carbonyl (C=O) groups is 1. The fourth-order valence-electron chi connectivity index (χ4n) is 2.32. The van der Waals surface area contributed by atoms with E-state index in [2.05, 4.69) is 15.6 Å². The van der Waals surface area contributed by atoms with E-state index in [1.807, 2.05) is 31.2 Å². The summed E-state index contributed by atoms with van der Waals surface area (Å²) in [6.07, 6.45) is 3.05. The monoisotopic (exact) mass is 337 g/mol. The Morgan fingerprint density at radius 3 is 2.80 bits per heavy atom. The van der Waals surface area contributed by atoms with Gasteiger partial charge in [0.25, 0.3) is 11.6 Å². The van der Waals surface area contributed by atoms with Crippen LogP contribution < -0.4 is 5.43 Å². The molecule has 1 amide bonds. The first-order valence-corrected chi connectivity index (χ1v) is 7.51. The van der Waals surface area contributed by atoms with E-state index in [0.717, 1.165) is 11.1 Å². The zero-order chi connectivity index (χ0) is 17.8. The van der Waals surface area contributed by atoms with Crippen LogP contribution in [0.1, 0.15) is 11.1 Å². The van der Waals surface area contributed by atoms with Gasteiger partial charge in [0.05, 0.1) is 22.9 Å². The molecule has 0 atom stereocenters. The fraction of sp³-hybridized carbons (Fsp3) is 0.118. The molecule has 25 heavy (non-hydrogen) atoms. The minimum Gasteiger partial charge on any atom is -0.271 e. The molecule has 0 saturated carbocycles. The van der Waals surface area contributed by atoms with Crippen LogP contribution in [-0.2, 0) is 11.3 Å². The van der Waals surface area contributed by atoms with E-state index >= 15 is 0 Å². The molecule has 0 fully saturated rings. The second kappa shape index (κ2) is 6.91. The van der Waals surface area contributed by atoms with Crippen LogP contribution in [0.25, 0.3) is 10.9 Å². The van der Waals surface area contributed by atoms with Gasteiger partial charge in [-0.15, -0.1) is 0 Å². The Labute approximate surface area is 142 Å². The molecule has 0 bridgehead atoms. The lowest BCUT2D eigenvalue weighted by atomic mass is 10.2. The van der Waals surface area contributed by atoms with E-state index in [4.69, 9.17) is 0 Å². The quantitative estimate of drug-likeness (QED) is 0.439. The summed E-state index contributed by atoms with van der Waals surface area (Å²) in [6.45, 7) is 1.96. The Hall–Kier alpha value is -3.55. The van der Waals surface area contributed by atoms with Crippen molar-refractivity contribution in [3.63, 3.8) is 0 Å². The summed E-state index contributed by atoms with van der Waals surface area (Å²) in [5.74, 6) is -0.341. The molecule has 8 heteroatoms. The van der Waals surface area contributed by atoms with Crippen LogP contribution in [0.2, 0.25) is 0 Å². The molecule has 3 aromatic rings. The zero-order valence-electron chi connectivity index (χ0n) is 13.4. The average Bonchev–Trinajstić information content (AvgIpc) is 2.99. The van der Waals surface area contributed by atoms with Crippen molar-refractivity contribution in [1.82, 2.24) is 15.2 Å². The average molecular weight is 337 g/mol. The summed E-state index contributed by atoms with van der Waals surface area (Å²) < 4.78 is 1.47. The molecule has 1 heterocycles. The van der Waals surface area contributed by atoms with E-state index < -0.39 is 4.92 Å². The molecule has 0 spiro atoms. The topological polar surface area (TPSA) is 102 Å². The van der Waals surface area contributed by atoms with Crippen molar-refractivity contribution < 1.29 is 9.72 Å². The summed E-state index contributed by atoms with van der Waals surface area (Å²) in [6, 6.07) is 12.1. The largest absolute Gasteiger partial charge is 0.271 e. The van der Waals surface area contributed by atoms with Gasteiger partial charge in [-0.3, -0.25) is 19.6 Å². The normalized spacial score (nSPS) is 11.1. The highest BCUT2D eigenvalue weighted by Crippen LogP contribution is 2.20. The summed E-state index contributed by atoms with van der Waals surface area (Å²) in [5, 5.41) is 19.4. The third-order valence-electron chi connectivity index (χ3n) is 3.61. The lowest BCUT2D eigenvalue weighted by molar-refractivity contribution is -0.384. The Morgan fingerprint density at radius 1 is 1.32 bits per heavy atom. The van der Waals surface area contributed by atoms with E-state index in [0.29, 0.717) is 10.9 Å². The number of nitrogens with one attached hydrogen (secondary N) is 1. The Kier molecular flexibility index (Phi) is 4.51. The van der Waals surface area contributed by atoms with Crippen LogP contribution in [0, 0.1) is 17.0 Å². The van der Waals surface area contributed by atoms with E-state index in [1.165, 1.54) is 23.0 Å². The Bertz CT molecular complexity index is 960. The summed E-state index contributed by atoms with van der Waals surface area (Å²) in [5.41, 5.74) is 5.09. The van der Waals surface area contributed by atoms with Crippen molar-refractivity contribution in [2.45, 2.75) is 13.5 Å². The summed E-state index contributed by atoms with van der Waals surface area (Å²) >= 11 is 0. The van der Waals surface area contributed by atoms with Gasteiger partial charge in [-0.05, 0) is 18.6 Å². The highest BCUT2D eigenvalue weighted by atomic mass is 16.6. The van der Waals surface area contributed by atoms with Gasteiger partial charge in [0.1, 0.15) is 6.54 Å². The molecule has 0 aliphatic rings. The molecular formula is C17H15N5O3. The highest BCUT2D eigenvalue weighted by molar-refractivity contribution is 5.85. The summed E-state index contributed by atoms with van der Waals surface area (Å²) in [7, 11) is 0. The van der Waals surface area contributed by atoms with Gasteiger partial charge in [0.15, 0.2) is 0 Å². The number of non-ortho nitro benzene ring substituents is 1. The number of nitrogens with zero attached hydrogens (tertiary/aromatic N) is 4. The molecule has 1 N–H and O–H groups in total. The lowest BCUT2D eigenvalue weighted by Gasteiger charge is -2.02. The number of aryl methyl sites for hydroxylation is 1. The molecular weight excluding hydrogens is 322 g/mol. The van der Waals surface area contributed by atoms with Gasteiger partial charge < -0.3 is 0 Å². The van der Waals surface area contributed by atoms with Gasteiger partial charge in [-0.2, -0.15) is 10.2 Å². The van der Waals surface area contributed by atoms with Gasteiger partial charge >= 0.3 is 0 Å². The van der Waals surface area contributed by atoms with E-state index in [-0.39, 0.29) is 18.1 Å². The minimum atomic E-state index is -0.469. The number of aromatic nitrogens is 2. The smallest absolute Gasteiger partial charge is 0.270 e. The number of carbonyl (C=O) groups excluding carboxylic acids is 1. The number of nitro benzene ring substituents is 1. The van der Waals surface area contributed by atoms with E-state index in [9.17, 15) is 14.9 Å². The first-order valence-electron chi connectivity index (χ1n) is 7.51. The number of benzene rings is 2. The van der Waals surface area contributed by atoms with E-state index in [1.54, 1.807) is 12.3 Å². The zero-order valence-corrected chi connectivity index (χ0v) is 13.4. The minimum absolute atomic E-state index is 0.0146. The van der Waals surface area contributed by atoms with Crippen molar-refractivity contribution in [2.75, 3.05) is 0 Å². The van der Waals surface area contributed by atoms with Gasteiger partial charge in [-0.1, -0.05) is 29.8 Å². The van der Waals surface area contributed by atoms with Crippen molar-refractivity contribution in [3.8, 4) is 0 Å². The second-order valence-corrected chi connectivity index (χ2v) is 5.51. The number of rotatable bonds is 5. The number of hydrogen-bond donors (Lipinski definition) is 1. The summed E-state index contributed by atoms with van der Waals surface area (Å²) in [4.78, 5) is 22.3. The predicted octanol–water partition coefficient (Wildman–Crippen LogP) is 2.40. The Morgan fingerprint density at radius 2 is 2.08 bits per heavy atom. The number of amides is 1. The van der Waals surface area contributed by atoms with Crippen molar-refractivity contribution >= 4 is 28.7 Å². The molecule has 3 rings (SSSR count). The molecule has 2 aromatic carbocycles. The molecule has 0 aliphatic carbocycles. The molecule has 8 nitrogen and oxygen atoms in total.